The van der Waals surface area contributed by atoms with Crippen LogP contribution in [0.5, 0.6) is 0 Å². The Morgan fingerprint density at radius 1 is 0.552 bits per heavy atom. The van der Waals surface area contributed by atoms with E-state index in [-0.39, 0.29) is 5.92 Å². The second-order valence-corrected chi connectivity index (χ2v) is 9.02. The Hall–Kier alpha value is -2.90. The van der Waals surface area contributed by atoms with Crippen molar-refractivity contribution in [3.63, 3.8) is 0 Å². The van der Waals surface area contributed by atoms with Crippen molar-refractivity contribution in [2.45, 2.75) is 17.4 Å². The lowest BCUT2D eigenvalue weighted by Crippen LogP contribution is -2.31. The molecule has 0 amide bonds. The van der Waals surface area contributed by atoms with Gasteiger partial charge in [-0.2, -0.15) is 0 Å². The zero-order valence-corrected chi connectivity index (χ0v) is 16.1. The van der Waals surface area contributed by atoms with Crippen LogP contribution in [0.4, 0.5) is 0 Å². The van der Waals surface area contributed by atoms with Crippen LogP contribution in [0.2, 0.25) is 0 Å². The Labute approximate surface area is 170 Å². The average Bonchev–Trinajstić information content (AvgIpc) is 3.33. The summed E-state index contributed by atoms with van der Waals surface area (Å²) < 4.78 is 0. The molecule has 4 aromatic rings. The predicted octanol–water partition coefficient (Wildman–Crippen LogP) is 5.83. The lowest BCUT2D eigenvalue weighted by Gasteiger charge is -2.30. The fourth-order valence-corrected chi connectivity index (χ4v) is 6.87. The fraction of sp³-hybridized carbons (Fsp3) is 0.214. The molecule has 0 radical (unpaired) electrons. The maximum atomic E-state index is 12.3. The highest BCUT2D eigenvalue weighted by atomic mass is 16.3. The molecule has 0 heterocycles. The molecule has 0 saturated heterocycles. The second kappa shape index (κ2) is 5.37. The molecule has 5 atom stereocenters. The minimum atomic E-state index is -0.926. The van der Waals surface area contributed by atoms with E-state index in [2.05, 4.69) is 60.7 Å². The van der Waals surface area contributed by atoms with Gasteiger partial charge in [0.1, 0.15) is 5.60 Å². The van der Waals surface area contributed by atoms with Gasteiger partial charge in [-0.15, -0.1) is 0 Å². The van der Waals surface area contributed by atoms with Crippen molar-refractivity contribution < 1.29 is 5.11 Å². The Morgan fingerprint density at radius 2 is 1.03 bits per heavy atom. The van der Waals surface area contributed by atoms with Gasteiger partial charge in [-0.05, 0) is 56.7 Å². The zero-order valence-electron chi connectivity index (χ0n) is 16.1. The quantitative estimate of drug-likeness (QED) is 0.478. The van der Waals surface area contributed by atoms with E-state index in [1.165, 1.54) is 21.9 Å². The summed E-state index contributed by atoms with van der Waals surface area (Å²) in [6.45, 7) is 0. The summed E-state index contributed by atoms with van der Waals surface area (Å²) in [5.74, 6) is 2.51. The molecule has 4 aromatic carbocycles. The van der Waals surface area contributed by atoms with Crippen LogP contribution in [0.25, 0.3) is 10.8 Å². The number of hydrogen-bond donors (Lipinski definition) is 1. The number of benzene rings is 4. The highest BCUT2D eigenvalue weighted by molar-refractivity contribution is 5.93. The van der Waals surface area contributed by atoms with Gasteiger partial charge < -0.3 is 5.11 Å². The summed E-state index contributed by atoms with van der Waals surface area (Å²) in [7, 11) is 0. The SMILES string of the molecule is OC(c1ccccc1)(c1ccccc1)C1[C@H]2C3c4cccc5cccc(c45)C3[C@@H]12. The first-order valence-corrected chi connectivity index (χ1v) is 10.6. The largest absolute Gasteiger partial charge is 0.380 e. The Kier molecular flexibility index (Phi) is 2.96. The Morgan fingerprint density at radius 3 is 1.52 bits per heavy atom. The van der Waals surface area contributed by atoms with E-state index in [9.17, 15) is 5.11 Å². The summed E-state index contributed by atoms with van der Waals surface area (Å²) in [6, 6.07) is 34.1. The molecule has 3 aliphatic rings. The first-order chi connectivity index (χ1) is 14.3. The van der Waals surface area contributed by atoms with E-state index in [0.29, 0.717) is 23.7 Å². The zero-order chi connectivity index (χ0) is 19.2. The van der Waals surface area contributed by atoms with E-state index < -0.39 is 5.60 Å². The smallest absolute Gasteiger partial charge is 0.118 e. The Bertz CT molecular complexity index is 1150. The Balaban J connectivity index is 1.37. The third kappa shape index (κ3) is 1.85. The van der Waals surface area contributed by atoms with Gasteiger partial charge >= 0.3 is 0 Å². The molecule has 3 aliphatic carbocycles. The van der Waals surface area contributed by atoms with E-state index in [0.717, 1.165) is 11.1 Å². The van der Waals surface area contributed by atoms with Gasteiger partial charge in [0.05, 0.1) is 0 Å². The number of hydrogen-bond acceptors (Lipinski definition) is 1. The van der Waals surface area contributed by atoms with Crippen LogP contribution in [0.3, 0.4) is 0 Å². The molecule has 2 saturated carbocycles. The maximum absolute atomic E-state index is 12.3. The maximum Gasteiger partial charge on any atom is 0.118 e. The van der Waals surface area contributed by atoms with Crippen LogP contribution in [0, 0.1) is 17.8 Å². The van der Waals surface area contributed by atoms with E-state index >= 15 is 0 Å². The summed E-state index contributed by atoms with van der Waals surface area (Å²) in [5.41, 5.74) is 4.14. The van der Waals surface area contributed by atoms with Gasteiger partial charge in [0, 0.05) is 5.92 Å². The molecule has 2 fully saturated rings. The van der Waals surface area contributed by atoms with Gasteiger partial charge in [-0.3, -0.25) is 0 Å². The van der Waals surface area contributed by atoms with E-state index in [1.54, 1.807) is 0 Å². The number of aliphatic hydroxyl groups is 1. The molecule has 1 heteroatoms. The predicted molar refractivity (Wildman–Crippen MR) is 116 cm³/mol. The van der Waals surface area contributed by atoms with Gasteiger partial charge in [0.15, 0.2) is 0 Å². The lowest BCUT2D eigenvalue weighted by atomic mass is 9.72. The van der Waals surface area contributed by atoms with Crippen LogP contribution in [0.1, 0.15) is 34.1 Å². The molecule has 0 bridgehead atoms. The minimum absolute atomic E-state index is 0.269. The number of rotatable bonds is 3. The molecular formula is C28H22O. The third-order valence-electron chi connectivity index (χ3n) is 7.95. The standard InChI is InChI=1S/C28H22O/c29-28(18-11-3-1-4-12-18,19-13-5-2-6-14-19)27-25-23-20-15-7-9-17-10-8-16-21(22(17)20)24(23)26(25)27/h1-16,23-27,29H/t23?,24?,25-,26+,27?. The first kappa shape index (κ1) is 16.0. The van der Waals surface area contributed by atoms with E-state index in [1.807, 2.05) is 36.4 Å². The monoisotopic (exact) mass is 374 g/mol. The second-order valence-electron chi connectivity index (χ2n) is 9.02. The molecule has 3 unspecified atom stereocenters. The van der Waals surface area contributed by atoms with Crippen LogP contribution < -0.4 is 0 Å². The molecule has 0 aromatic heterocycles. The summed E-state index contributed by atoms with van der Waals surface area (Å²) in [6.07, 6.45) is 0. The highest BCUT2D eigenvalue weighted by Gasteiger charge is 2.76. The van der Waals surface area contributed by atoms with Crippen molar-refractivity contribution in [2.24, 2.45) is 17.8 Å². The molecular weight excluding hydrogens is 352 g/mol. The molecule has 0 spiro atoms. The molecule has 29 heavy (non-hydrogen) atoms. The molecule has 1 nitrogen and oxygen atoms in total. The summed E-state index contributed by atoms with van der Waals surface area (Å²) in [5, 5.41) is 15.1. The van der Waals surface area contributed by atoms with Gasteiger partial charge in [-0.1, -0.05) is 97.1 Å². The van der Waals surface area contributed by atoms with Crippen LogP contribution in [-0.2, 0) is 5.60 Å². The van der Waals surface area contributed by atoms with Crippen LogP contribution in [-0.4, -0.2) is 5.11 Å². The van der Waals surface area contributed by atoms with Gasteiger partial charge in [0.25, 0.3) is 0 Å². The average molecular weight is 374 g/mol. The van der Waals surface area contributed by atoms with Crippen molar-refractivity contribution >= 4 is 10.8 Å². The summed E-state index contributed by atoms with van der Waals surface area (Å²) in [4.78, 5) is 0. The van der Waals surface area contributed by atoms with Crippen LogP contribution >= 0.6 is 0 Å². The van der Waals surface area contributed by atoms with Gasteiger partial charge in [0.2, 0.25) is 0 Å². The fourth-order valence-electron chi connectivity index (χ4n) is 6.87. The van der Waals surface area contributed by atoms with Crippen molar-refractivity contribution in [2.75, 3.05) is 0 Å². The van der Waals surface area contributed by atoms with Crippen LogP contribution in [0.15, 0.2) is 97.1 Å². The molecule has 7 rings (SSSR count). The lowest BCUT2D eigenvalue weighted by molar-refractivity contribution is 0.0495. The highest BCUT2D eigenvalue weighted by Crippen LogP contribution is 2.82. The van der Waals surface area contributed by atoms with E-state index in [4.69, 9.17) is 0 Å². The first-order valence-electron chi connectivity index (χ1n) is 10.6. The number of fused-ring (bicyclic) bond motifs is 6. The third-order valence-corrected chi connectivity index (χ3v) is 7.95. The topological polar surface area (TPSA) is 20.2 Å². The molecule has 140 valence electrons. The molecule has 0 aliphatic heterocycles. The normalized spacial score (nSPS) is 28.5. The summed E-state index contributed by atoms with van der Waals surface area (Å²) >= 11 is 0. The van der Waals surface area contributed by atoms with Crippen molar-refractivity contribution in [3.8, 4) is 0 Å². The van der Waals surface area contributed by atoms with Crippen molar-refractivity contribution in [1.82, 2.24) is 0 Å². The minimum Gasteiger partial charge on any atom is -0.380 e. The van der Waals surface area contributed by atoms with Gasteiger partial charge in [-0.25, -0.2) is 0 Å². The van der Waals surface area contributed by atoms with Crippen molar-refractivity contribution in [3.05, 3.63) is 119 Å². The molecule has 1 N–H and O–H groups in total. The van der Waals surface area contributed by atoms with Crippen molar-refractivity contribution in [1.29, 1.82) is 0 Å².